The molecular formula is C14H26N4. The highest BCUT2D eigenvalue weighted by Crippen LogP contribution is 2.24. The molecule has 1 aromatic heterocycles. The number of rotatable bonds is 4. The van der Waals surface area contributed by atoms with Gasteiger partial charge in [-0.25, -0.2) is 0 Å². The molecule has 2 rings (SSSR count). The fraction of sp³-hybridized carbons (Fsp3) is 0.786. The van der Waals surface area contributed by atoms with E-state index in [0.717, 1.165) is 12.2 Å². The van der Waals surface area contributed by atoms with Crippen molar-refractivity contribution in [1.82, 2.24) is 14.7 Å². The SMILES string of the molecule is Cc1nn(C)c(C)c1C(CN)CN1CCCCC1. The molecule has 4 heteroatoms. The third-order valence-electron chi connectivity index (χ3n) is 4.19. The molecule has 102 valence electrons. The van der Waals surface area contributed by atoms with Crippen molar-refractivity contribution in [3.8, 4) is 0 Å². The molecule has 1 atom stereocenters. The molecule has 0 amide bonds. The van der Waals surface area contributed by atoms with Crippen LogP contribution in [0.15, 0.2) is 0 Å². The Labute approximate surface area is 110 Å². The molecule has 2 N–H and O–H groups in total. The third kappa shape index (κ3) is 2.75. The van der Waals surface area contributed by atoms with Crippen LogP contribution in [0.3, 0.4) is 0 Å². The van der Waals surface area contributed by atoms with Crippen molar-refractivity contribution >= 4 is 0 Å². The summed E-state index contributed by atoms with van der Waals surface area (Å²) in [6.45, 7) is 8.51. The second kappa shape index (κ2) is 5.85. The highest BCUT2D eigenvalue weighted by molar-refractivity contribution is 5.29. The van der Waals surface area contributed by atoms with Gasteiger partial charge >= 0.3 is 0 Å². The van der Waals surface area contributed by atoms with Crippen LogP contribution in [0.5, 0.6) is 0 Å². The second-order valence-corrected chi connectivity index (χ2v) is 5.50. The smallest absolute Gasteiger partial charge is 0.0632 e. The topological polar surface area (TPSA) is 47.1 Å². The molecule has 0 spiro atoms. The number of aryl methyl sites for hydroxylation is 2. The lowest BCUT2D eigenvalue weighted by Gasteiger charge is -2.30. The normalized spacial score (nSPS) is 19.1. The summed E-state index contributed by atoms with van der Waals surface area (Å²) in [5.41, 5.74) is 9.78. The number of likely N-dealkylation sites (tertiary alicyclic amines) is 1. The second-order valence-electron chi connectivity index (χ2n) is 5.50. The maximum absolute atomic E-state index is 6.01. The van der Waals surface area contributed by atoms with E-state index in [1.165, 1.54) is 43.6 Å². The van der Waals surface area contributed by atoms with Crippen LogP contribution in [-0.4, -0.2) is 40.9 Å². The predicted molar refractivity (Wildman–Crippen MR) is 74.8 cm³/mol. The Kier molecular flexibility index (Phi) is 4.40. The molecule has 0 radical (unpaired) electrons. The number of aromatic nitrogens is 2. The van der Waals surface area contributed by atoms with E-state index in [4.69, 9.17) is 5.73 Å². The quantitative estimate of drug-likeness (QED) is 0.882. The lowest BCUT2D eigenvalue weighted by Crippen LogP contribution is -2.36. The molecule has 0 saturated carbocycles. The minimum atomic E-state index is 0.428. The standard InChI is InChI=1S/C14H26N4/c1-11-14(12(2)17(3)16-11)13(9-15)10-18-7-5-4-6-8-18/h13H,4-10,15H2,1-3H3. The summed E-state index contributed by atoms with van der Waals surface area (Å²) in [6, 6.07) is 0. The van der Waals surface area contributed by atoms with E-state index in [2.05, 4.69) is 23.8 Å². The number of hydrogen-bond acceptors (Lipinski definition) is 3. The molecule has 0 bridgehead atoms. The van der Waals surface area contributed by atoms with Gasteiger partial charge in [-0.15, -0.1) is 0 Å². The predicted octanol–water partition coefficient (Wildman–Crippen LogP) is 1.57. The fourth-order valence-electron chi connectivity index (χ4n) is 3.12. The van der Waals surface area contributed by atoms with Crippen molar-refractivity contribution in [3.63, 3.8) is 0 Å². The Balaban J connectivity index is 2.12. The van der Waals surface area contributed by atoms with Gasteiger partial charge in [0.15, 0.2) is 0 Å². The van der Waals surface area contributed by atoms with Gasteiger partial charge in [-0.3, -0.25) is 4.68 Å². The maximum Gasteiger partial charge on any atom is 0.0632 e. The number of nitrogens with zero attached hydrogens (tertiary/aromatic N) is 3. The fourth-order valence-corrected chi connectivity index (χ4v) is 3.12. The van der Waals surface area contributed by atoms with Crippen LogP contribution in [0.25, 0.3) is 0 Å². The molecule has 18 heavy (non-hydrogen) atoms. The molecule has 1 aliphatic rings. The first-order chi connectivity index (χ1) is 8.63. The van der Waals surface area contributed by atoms with Gasteiger partial charge in [-0.2, -0.15) is 5.10 Å². The van der Waals surface area contributed by atoms with Crippen molar-refractivity contribution in [2.45, 2.75) is 39.0 Å². The van der Waals surface area contributed by atoms with E-state index in [9.17, 15) is 0 Å². The van der Waals surface area contributed by atoms with Crippen LogP contribution in [-0.2, 0) is 7.05 Å². The average molecular weight is 250 g/mol. The van der Waals surface area contributed by atoms with Crippen molar-refractivity contribution in [3.05, 3.63) is 17.0 Å². The van der Waals surface area contributed by atoms with Crippen molar-refractivity contribution < 1.29 is 0 Å². The van der Waals surface area contributed by atoms with Crippen molar-refractivity contribution in [1.29, 1.82) is 0 Å². The lowest BCUT2D eigenvalue weighted by molar-refractivity contribution is 0.216. The summed E-state index contributed by atoms with van der Waals surface area (Å²) < 4.78 is 1.98. The van der Waals surface area contributed by atoms with Gasteiger partial charge in [0.2, 0.25) is 0 Å². The van der Waals surface area contributed by atoms with Crippen molar-refractivity contribution in [2.75, 3.05) is 26.2 Å². The zero-order valence-electron chi connectivity index (χ0n) is 11.9. The summed E-state index contributed by atoms with van der Waals surface area (Å²) in [5, 5.41) is 4.52. The molecule has 1 fully saturated rings. The monoisotopic (exact) mass is 250 g/mol. The summed E-state index contributed by atoms with van der Waals surface area (Å²) in [4.78, 5) is 2.56. The van der Waals surface area contributed by atoms with Crippen LogP contribution in [0.1, 0.15) is 42.1 Å². The molecule has 1 unspecified atom stereocenters. The van der Waals surface area contributed by atoms with Crippen LogP contribution >= 0.6 is 0 Å². The van der Waals surface area contributed by atoms with Crippen molar-refractivity contribution in [2.24, 2.45) is 12.8 Å². The zero-order valence-corrected chi connectivity index (χ0v) is 11.9. The molecule has 1 saturated heterocycles. The highest BCUT2D eigenvalue weighted by Gasteiger charge is 2.22. The van der Waals surface area contributed by atoms with Crippen LogP contribution in [0, 0.1) is 13.8 Å². The Morgan fingerprint density at radius 2 is 1.89 bits per heavy atom. The first-order valence-corrected chi connectivity index (χ1v) is 7.06. The molecule has 0 aliphatic carbocycles. The summed E-state index contributed by atoms with van der Waals surface area (Å²) in [7, 11) is 2.01. The van der Waals surface area contributed by atoms with E-state index in [1.54, 1.807) is 0 Å². The summed E-state index contributed by atoms with van der Waals surface area (Å²) in [5.74, 6) is 0.428. The molecular weight excluding hydrogens is 224 g/mol. The van der Waals surface area contributed by atoms with Crippen LogP contribution < -0.4 is 5.73 Å². The highest BCUT2D eigenvalue weighted by atomic mass is 15.3. The Morgan fingerprint density at radius 1 is 1.22 bits per heavy atom. The largest absolute Gasteiger partial charge is 0.330 e. The van der Waals surface area contributed by atoms with Gasteiger partial charge in [0.05, 0.1) is 5.69 Å². The molecule has 0 aromatic carbocycles. The molecule has 2 heterocycles. The molecule has 4 nitrogen and oxygen atoms in total. The number of hydrogen-bond donors (Lipinski definition) is 1. The Bertz CT molecular complexity index is 391. The van der Waals surface area contributed by atoms with E-state index < -0.39 is 0 Å². The third-order valence-corrected chi connectivity index (χ3v) is 4.19. The lowest BCUT2D eigenvalue weighted by atomic mass is 9.95. The Hall–Kier alpha value is -0.870. The van der Waals surface area contributed by atoms with Gasteiger partial charge in [0, 0.05) is 37.3 Å². The number of nitrogens with two attached hydrogens (primary N) is 1. The summed E-state index contributed by atoms with van der Waals surface area (Å²) >= 11 is 0. The maximum atomic E-state index is 6.01. The molecule has 1 aromatic rings. The zero-order chi connectivity index (χ0) is 13.1. The van der Waals surface area contributed by atoms with E-state index in [-0.39, 0.29) is 0 Å². The number of piperidine rings is 1. The first-order valence-electron chi connectivity index (χ1n) is 7.06. The van der Waals surface area contributed by atoms with E-state index >= 15 is 0 Å². The van der Waals surface area contributed by atoms with Gasteiger partial charge < -0.3 is 10.6 Å². The molecule has 1 aliphatic heterocycles. The van der Waals surface area contributed by atoms with Gasteiger partial charge in [-0.05, 0) is 39.8 Å². The van der Waals surface area contributed by atoms with Gasteiger partial charge in [0.25, 0.3) is 0 Å². The first kappa shape index (κ1) is 13.6. The minimum Gasteiger partial charge on any atom is -0.330 e. The minimum absolute atomic E-state index is 0.428. The van der Waals surface area contributed by atoms with Gasteiger partial charge in [-0.1, -0.05) is 6.42 Å². The Morgan fingerprint density at radius 3 is 2.39 bits per heavy atom. The van der Waals surface area contributed by atoms with E-state index in [1.807, 2.05) is 11.7 Å². The summed E-state index contributed by atoms with van der Waals surface area (Å²) in [6.07, 6.45) is 4.05. The van der Waals surface area contributed by atoms with Crippen LogP contribution in [0.2, 0.25) is 0 Å². The average Bonchev–Trinajstić information content (AvgIpc) is 2.62. The van der Waals surface area contributed by atoms with E-state index in [0.29, 0.717) is 12.5 Å². The van der Waals surface area contributed by atoms with Crippen LogP contribution in [0.4, 0.5) is 0 Å². The van der Waals surface area contributed by atoms with Gasteiger partial charge in [0.1, 0.15) is 0 Å².